The van der Waals surface area contributed by atoms with E-state index < -0.39 is 0 Å². The molecular weight excluding hydrogens is 128 g/mol. The summed E-state index contributed by atoms with van der Waals surface area (Å²) in [7, 11) is 0. The number of thiocarbonyl (C=S) groups is 1. The lowest BCUT2D eigenvalue weighted by Crippen LogP contribution is -2.18. The van der Waals surface area contributed by atoms with Crippen LogP contribution in [0.2, 0.25) is 0 Å². The molecule has 0 aliphatic rings. The Morgan fingerprint density at radius 2 is 1.29 bits per heavy atom. The minimum absolute atomic E-state index is 0. The third-order valence-electron chi connectivity index (χ3n) is 0. The van der Waals surface area contributed by atoms with Crippen LogP contribution in [0.1, 0.15) is 0 Å². The van der Waals surface area contributed by atoms with Crippen LogP contribution in [0.4, 0.5) is 0 Å². The van der Waals surface area contributed by atoms with Gasteiger partial charge < -0.3 is 11.5 Å². The quantitative estimate of drug-likeness (QED) is 0.379. The van der Waals surface area contributed by atoms with Crippen molar-refractivity contribution in [3.63, 3.8) is 0 Å². The first-order valence-electron chi connectivity index (χ1n) is 1.28. The minimum atomic E-state index is 0. The van der Waals surface area contributed by atoms with Gasteiger partial charge in [-0.05, 0) is 12.2 Å². The molecule has 0 aromatic rings. The molecule has 0 fully saturated rings. The van der Waals surface area contributed by atoms with Crippen molar-refractivity contribution in [1.82, 2.24) is 0 Å². The van der Waals surface area contributed by atoms with Crippen molar-refractivity contribution >= 4 is 30.8 Å². The molecular formula is C3H8N2S2. The largest absolute Gasteiger partial charge is 0.377 e. The van der Waals surface area contributed by atoms with Crippen LogP contribution in [-0.2, 0) is 0 Å². The summed E-state index contributed by atoms with van der Waals surface area (Å²) in [5, 5.41) is 0.000000000000000222. The molecule has 2 radical (unpaired) electrons. The standard InChI is InChI=1S/C2H4.CH4N2S.S/c1-2;2-1(3)4;/h1-2H2;(H4,2,3,4);. The molecule has 0 aromatic carbocycles. The van der Waals surface area contributed by atoms with E-state index in [0.29, 0.717) is 0 Å². The van der Waals surface area contributed by atoms with Gasteiger partial charge in [0.05, 0.1) is 0 Å². The Hall–Kier alpha value is -0.220. The van der Waals surface area contributed by atoms with Crippen molar-refractivity contribution in [2.75, 3.05) is 0 Å². The normalized spacial score (nSPS) is 4.00. The predicted molar refractivity (Wildman–Crippen MR) is 39.8 cm³/mol. The Bertz CT molecular complexity index is 42.2. The highest BCUT2D eigenvalue weighted by atomic mass is 32.1. The van der Waals surface area contributed by atoms with E-state index in [1.165, 1.54) is 0 Å². The van der Waals surface area contributed by atoms with Crippen molar-refractivity contribution in [1.29, 1.82) is 0 Å². The topological polar surface area (TPSA) is 52.0 Å². The van der Waals surface area contributed by atoms with Crippen molar-refractivity contribution in [3.05, 3.63) is 13.2 Å². The van der Waals surface area contributed by atoms with E-state index >= 15 is 0 Å². The molecule has 0 aliphatic carbocycles. The number of nitrogens with two attached hydrogens (primary N) is 2. The molecule has 0 unspecified atom stereocenters. The molecule has 0 saturated heterocycles. The second-order valence-corrected chi connectivity index (χ2v) is 0.874. The number of hydrogen-bond acceptors (Lipinski definition) is 1. The van der Waals surface area contributed by atoms with Gasteiger partial charge in [-0.3, -0.25) is 0 Å². The SMILES string of the molecule is C=C.NC(N)=S.[S]. The third-order valence-corrected chi connectivity index (χ3v) is 0. The van der Waals surface area contributed by atoms with Crippen LogP contribution in [0.5, 0.6) is 0 Å². The molecule has 0 bridgehead atoms. The van der Waals surface area contributed by atoms with Crippen LogP contribution in [-0.4, -0.2) is 5.11 Å². The van der Waals surface area contributed by atoms with Gasteiger partial charge in [0.15, 0.2) is 5.11 Å². The molecule has 7 heavy (non-hydrogen) atoms. The van der Waals surface area contributed by atoms with E-state index in [2.05, 4.69) is 36.8 Å². The zero-order valence-electron chi connectivity index (χ0n) is 3.89. The van der Waals surface area contributed by atoms with Crippen molar-refractivity contribution < 1.29 is 0 Å². The molecule has 0 aliphatic heterocycles. The monoisotopic (exact) mass is 136 g/mol. The molecule has 0 spiro atoms. The minimum Gasteiger partial charge on any atom is -0.377 e. The van der Waals surface area contributed by atoms with Gasteiger partial charge in [-0.15, -0.1) is 13.2 Å². The maximum atomic E-state index is 4.62. The first-order valence-corrected chi connectivity index (χ1v) is 1.69. The zero-order chi connectivity index (χ0) is 5.58. The van der Waals surface area contributed by atoms with Crippen LogP contribution in [0.25, 0.3) is 0 Å². The smallest absolute Gasteiger partial charge is 0.160 e. The lowest BCUT2D eigenvalue weighted by Gasteiger charge is -1.68. The van der Waals surface area contributed by atoms with E-state index in [9.17, 15) is 0 Å². The van der Waals surface area contributed by atoms with Crippen molar-refractivity contribution in [3.8, 4) is 0 Å². The van der Waals surface area contributed by atoms with Crippen LogP contribution in [0, 0.1) is 0 Å². The Labute approximate surface area is 56.0 Å². The van der Waals surface area contributed by atoms with Gasteiger partial charge in [-0.25, -0.2) is 0 Å². The van der Waals surface area contributed by atoms with Crippen LogP contribution < -0.4 is 11.5 Å². The molecule has 0 heterocycles. The predicted octanol–water partition coefficient (Wildman–Crippen LogP) is 0.639. The summed E-state index contributed by atoms with van der Waals surface area (Å²) in [6, 6.07) is 0. The summed E-state index contributed by atoms with van der Waals surface area (Å²) >= 11 is 4.09. The van der Waals surface area contributed by atoms with E-state index in [1.807, 2.05) is 0 Å². The second kappa shape index (κ2) is 17.1. The summed E-state index contributed by atoms with van der Waals surface area (Å²) in [5.74, 6) is 0. The lowest BCUT2D eigenvalue weighted by atomic mass is 11.3. The Morgan fingerprint density at radius 1 is 1.29 bits per heavy atom. The Kier molecular flexibility index (Phi) is 38.7. The van der Waals surface area contributed by atoms with Crippen LogP contribution in [0.15, 0.2) is 13.2 Å². The fourth-order valence-corrected chi connectivity index (χ4v) is 0. The molecule has 0 atom stereocenters. The lowest BCUT2D eigenvalue weighted by molar-refractivity contribution is 1.65. The third kappa shape index (κ3) is 1710. The van der Waals surface area contributed by atoms with Crippen molar-refractivity contribution in [2.24, 2.45) is 11.5 Å². The van der Waals surface area contributed by atoms with E-state index in [-0.39, 0.29) is 18.6 Å². The maximum Gasteiger partial charge on any atom is 0.160 e. The molecule has 0 rings (SSSR count). The highest BCUT2D eigenvalue weighted by Gasteiger charge is 1.53. The first kappa shape index (κ1) is 15.9. The summed E-state index contributed by atoms with van der Waals surface area (Å²) in [6.07, 6.45) is 0. The van der Waals surface area contributed by atoms with E-state index in [4.69, 9.17) is 0 Å². The van der Waals surface area contributed by atoms with Gasteiger partial charge >= 0.3 is 0 Å². The molecule has 2 nitrogen and oxygen atoms in total. The molecule has 4 N–H and O–H groups in total. The van der Waals surface area contributed by atoms with Gasteiger partial charge in [0, 0.05) is 13.5 Å². The summed E-state index contributed by atoms with van der Waals surface area (Å²) < 4.78 is 0. The fourth-order valence-electron chi connectivity index (χ4n) is 0. The molecule has 0 amide bonds. The van der Waals surface area contributed by atoms with Crippen LogP contribution in [0.3, 0.4) is 0 Å². The Morgan fingerprint density at radius 3 is 1.29 bits per heavy atom. The average molecular weight is 136 g/mol. The van der Waals surface area contributed by atoms with Crippen molar-refractivity contribution in [2.45, 2.75) is 0 Å². The second-order valence-electron chi connectivity index (χ2n) is 0.402. The highest BCUT2D eigenvalue weighted by molar-refractivity contribution is 7.80. The zero-order valence-corrected chi connectivity index (χ0v) is 5.52. The van der Waals surface area contributed by atoms with Gasteiger partial charge in [0.2, 0.25) is 0 Å². The van der Waals surface area contributed by atoms with Gasteiger partial charge in [0.1, 0.15) is 0 Å². The first-order chi connectivity index (χ1) is 2.73. The number of hydrogen-bond donors (Lipinski definition) is 2. The summed E-state index contributed by atoms with van der Waals surface area (Å²) in [4.78, 5) is 0. The number of rotatable bonds is 0. The van der Waals surface area contributed by atoms with Gasteiger partial charge in [-0.2, -0.15) is 0 Å². The van der Waals surface area contributed by atoms with E-state index in [1.54, 1.807) is 0 Å². The van der Waals surface area contributed by atoms with Gasteiger partial charge in [0.25, 0.3) is 0 Å². The fraction of sp³-hybridized carbons (Fsp3) is 0. The summed E-state index contributed by atoms with van der Waals surface area (Å²) in [6.45, 7) is 6.00. The van der Waals surface area contributed by atoms with E-state index in [0.717, 1.165) is 0 Å². The molecule has 0 saturated carbocycles. The average Bonchev–Trinajstić information content (AvgIpc) is 1.41. The summed E-state index contributed by atoms with van der Waals surface area (Å²) in [5.41, 5.74) is 9.24. The molecule has 42 valence electrons. The van der Waals surface area contributed by atoms with Gasteiger partial charge in [-0.1, -0.05) is 0 Å². The maximum absolute atomic E-state index is 4.62. The molecule has 4 heteroatoms. The molecule has 0 aromatic heterocycles. The highest BCUT2D eigenvalue weighted by Crippen LogP contribution is 1.32. The van der Waals surface area contributed by atoms with Crippen LogP contribution >= 0.6 is 25.7 Å². The Balaban J connectivity index is -0.0000000480.